The molecule has 1 aromatic rings. The van der Waals surface area contributed by atoms with Crippen LogP contribution in [0.5, 0.6) is 0 Å². The lowest BCUT2D eigenvalue weighted by molar-refractivity contribution is 0.0921. The van der Waals surface area contributed by atoms with Crippen molar-refractivity contribution in [2.24, 2.45) is 17.3 Å². The van der Waals surface area contributed by atoms with Crippen molar-refractivity contribution in [2.75, 3.05) is 4.90 Å². The van der Waals surface area contributed by atoms with Gasteiger partial charge in [0.15, 0.2) is 0 Å². The van der Waals surface area contributed by atoms with Crippen molar-refractivity contribution in [3.8, 4) is 0 Å². The lowest BCUT2D eigenvalue weighted by atomic mass is 9.57. The Hall–Kier alpha value is -1.70. The molecule has 29 heavy (non-hydrogen) atoms. The smallest absolute Gasteiger partial charge is 0.107 e. The van der Waals surface area contributed by atoms with Gasteiger partial charge < -0.3 is 9.80 Å². The van der Waals surface area contributed by atoms with Crippen LogP contribution in [-0.2, 0) is 0 Å². The highest BCUT2D eigenvalue weighted by molar-refractivity contribution is 5.62. The predicted octanol–water partition coefficient (Wildman–Crippen LogP) is 7.37. The topological polar surface area (TPSA) is 6.48 Å². The van der Waals surface area contributed by atoms with Gasteiger partial charge in [0.1, 0.15) is 6.17 Å². The first-order chi connectivity index (χ1) is 15.4. The SMILES string of the molecule is [2H]C([2H])([2H])C1N2C=CC(C3CCCCC3)(C3CCCCC3)C2=C(C)N1c1ccccc1C. The summed E-state index contributed by atoms with van der Waals surface area (Å²) in [6, 6.07) is 8.26. The minimum Gasteiger partial charge on any atom is -0.328 e. The van der Waals surface area contributed by atoms with Gasteiger partial charge in [0.2, 0.25) is 0 Å². The molecule has 0 radical (unpaired) electrons. The largest absolute Gasteiger partial charge is 0.328 e. The van der Waals surface area contributed by atoms with Crippen LogP contribution in [0.1, 0.15) is 87.7 Å². The summed E-state index contributed by atoms with van der Waals surface area (Å²) >= 11 is 0. The molecule has 0 bridgehead atoms. The highest BCUT2D eigenvalue weighted by Crippen LogP contribution is 2.60. The Morgan fingerprint density at radius 1 is 0.897 bits per heavy atom. The van der Waals surface area contributed by atoms with Crippen LogP contribution in [0, 0.1) is 24.2 Å². The zero-order chi connectivity index (χ0) is 22.5. The molecular formula is C27H38N2. The summed E-state index contributed by atoms with van der Waals surface area (Å²) in [6.45, 7) is 2.18. The van der Waals surface area contributed by atoms with Crippen molar-refractivity contribution in [1.82, 2.24) is 4.90 Å². The Balaban J connectivity index is 1.68. The number of para-hydroxylation sites is 1. The van der Waals surface area contributed by atoms with Gasteiger partial charge in [0, 0.05) is 32.8 Å². The van der Waals surface area contributed by atoms with Crippen molar-refractivity contribution in [3.05, 3.63) is 53.5 Å². The molecule has 2 aliphatic carbocycles. The van der Waals surface area contributed by atoms with Gasteiger partial charge in [0.05, 0.1) is 0 Å². The average Bonchev–Trinajstić information content (AvgIpc) is 3.32. The fourth-order valence-electron chi connectivity index (χ4n) is 7.01. The van der Waals surface area contributed by atoms with Crippen molar-refractivity contribution in [1.29, 1.82) is 0 Å². The number of rotatable bonds is 3. The number of aryl methyl sites for hydroxylation is 1. The highest BCUT2D eigenvalue weighted by atomic mass is 15.4. The van der Waals surface area contributed by atoms with E-state index < -0.39 is 13.0 Å². The van der Waals surface area contributed by atoms with E-state index in [1.807, 2.05) is 12.1 Å². The standard InChI is InChI=1S/C27H38N2/c1-20-12-10-11-17-25(20)29-21(2)26-27(18-19-28(26)22(29)3,23-13-6-4-7-14-23)24-15-8-5-9-16-24/h10-12,17-19,22-24H,4-9,13-16H2,1-3H3/i3D3. The first-order valence-electron chi connectivity index (χ1n) is 13.4. The highest BCUT2D eigenvalue weighted by Gasteiger charge is 2.55. The molecule has 156 valence electrons. The van der Waals surface area contributed by atoms with E-state index in [4.69, 9.17) is 4.11 Å². The van der Waals surface area contributed by atoms with Crippen LogP contribution < -0.4 is 4.90 Å². The molecule has 2 fully saturated rings. The second-order valence-corrected chi connectivity index (χ2v) is 9.79. The van der Waals surface area contributed by atoms with Gasteiger partial charge in [-0.2, -0.15) is 0 Å². The normalized spacial score (nSPS) is 29.7. The molecule has 1 unspecified atom stereocenters. The van der Waals surface area contributed by atoms with Crippen molar-refractivity contribution in [2.45, 2.75) is 91.1 Å². The molecule has 4 aliphatic rings. The van der Waals surface area contributed by atoms with E-state index in [2.05, 4.69) is 48.1 Å². The van der Waals surface area contributed by atoms with Crippen LogP contribution in [0.15, 0.2) is 47.9 Å². The van der Waals surface area contributed by atoms with Crippen molar-refractivity contribution in [3.63, 3.8) is 0 Å². The van der Waals surface area contributed by atoms with E-state index in [1.165, 1.54) is 69.9 Å². The number of hydrogen-bond acceptors (Lipinski definition) is 2. The van der Waals surface area contributed by atoms with Gasteiger partial charge in [-0.05, 0) is 69.8 Å². The van der Waals surface area contributed by atoms with E-state index in [0.29, 0.717) is 11.8 Å². The fraction of sp³-hybridized carbons (Fsp3) is 0.630. The molecule has 2 saturated carbocycles. The third kappa shape index (κ3) is 2.89. The summed E-state index contributed by atoms with van der Waals surface area (Å²) in [5.74, 6) is 1.25. The molecule has 0 amide bonds. The Labute approximate surface area is 181 Å². The summed E-state index contributed by atoms with van der Waals surface area (Å²) in [5.41, 5.74) is 4.61. The summed E-state index contributed by atoms with van der Waals surface area (Å²) in [4.78, 5) is 4.31. The van der Waals surface area contributed by atoms with Crippen LogP contribution in [0.4, 0.5) is 5.69 Å². The van der Waals surface area contributed by atoms with Gasteiger partial charge in [-0.25, -0.2) is 0 Å². The Morgan fingerprint density at radius 3 is 2.10 bits per heavy atom. The third-order valence-electron chi connectivity index (χ3n) is 8.33. The monoisotopic (exact) mass is 393 g/mol. The fourth-order valence-corrected chi connectivity index (χ4v) is 7.01. The Kier molecular flexibility index (Phi) is 4.16. The number of hydrogen-bond donors (Lipinski definition) is 0. The molecule has 2 aliphatic heterocycles. The lowest BCUT2D eigenvalue weighted by Crippen LogP contribution is -2.41. The van der Waals surface area contributed by atoms with Gasteiger partial charge >= 0.3 is 0 Å². The molecule has 5 rings (SSSR count). The van der Waals surface area contributed by atoms with Crippen LogP contribution in [-0.4, -0.2) is 11.1 Å². The summed E-state index contributed by atoms with van der Waals surface area (Å²) in [7, 11) is 0. The average molecular weight is 394 g/mol. The van der Waals surface area contributed by atoms with Crippen molar-refractivity contribution < 1.29 is 4.11 Å². The predicted molar refractivity (Wildman–Crippen MR) is 122 cm³/mol. The minimum atomic E-state index is -2.11. The zero-order valence-corrected chi connectivity index (χ0v) is 18.2. The number of anilines is 1. The van der Waals surface area contributed by atoms with Gasteiger partial charge in [-0.3, -0.25) is 0 Å². The molecule has 0 N–H and O–H groups in total. The van der Waals surface area contributed by atoms with Crippen molar-refractivity contribution >= 4 is 5.69 Å². The lowest BCUT2D eigenvalue weighted by Gasteiger charge is -2.47. The van der Waals surface area contributed by atoms with Crippen LogP contribution in [0.2, 0.25) is 0 Å². The molecule has 2 heterocycles. The third-order valence-corrected chi connectivity index (χ3v) is 8.33. The first kappa shape index (κ1) is 16.1. The van der Waals surface area contributed by atoms with Crippen LogP contribution in [0.25, 0.3) is 0 Å². The molecule has 0 aromatic heterocycles. The summed E-state index contributed by atoms with van der Waals surface area (Å²) in [6.07, 6.45) is 17.0. The van der Waals surface area contributed by atoms with E-state index >= 15 is 0 Å². The summed E-state index contributed by atoms with van der Waals surface area (Å²) < 4.78 is 25.6. The van der Waals surface area contributed by atoms with Crippen LogP contribution in [0.3, 0.4) is 0 Å². The molecule has 1 aromatic carbocycles. The quantitative estimate of drug-likeness (QED) is 0.529. The molecule has 1 atom stereocenters. The minimum absolute atomic E-state index is 0.00808. The number of allylic oxidation sites excluding steroid dienone is 2. The van der Waals surface area contributed by atoms with E-state index in [-0.39, 0.29) is 5.41 Å². The number of benzene rings is 1. The molecule has 2 heteroatoms. The zero-order valence-electron chi connectivity index (χ0n) is 21.2. The van der Waals surface area contributed by atoms with E-state index in [9.17, 15) is 0 Å². The number of fused-ring (bicyclic) bond motifs is 1. The second-order valence-electron chi connectivity index (χ2n) is 9.79. The summed E-state index contributed by atoms with van der Waals surface area (Å²) in [5, 5.41) is 0. The Bertz CT molecular complexity index is 886. The molecule has 2 nitrogen and oxygen atoms in total. The second kappa shape index (κ2) is 7.52. The maximum absolute atomic E-state index is 8.53. The van der Waals surface area contributed by atoms with E-state index in [1.54, 1.807) is 0 Å². The first-order valence-corrected chi connectivity index (χ1v) is 11.9. The maximum atomic E-state index is 8.53. The molecule has 0 spiro atoms. The van der Waals surface area contributed by atoms with Gasteiger partial charge in [-0.15, -0.1) is 0 Å². The van der Waals surface area contributed by atoms with E-state index in [0.717, 1.165) is 16.9 Å². The van der Waals surface area contributed by atoms with Gasteiger partial charge in [-0.1, -0.05) is 62.8 Å². The molecular weight excluding hydrogens is 352 g/mol. The Morgan fingerprint density at radius 2 is 1.52 bits per heavy atom. The molecule has 0 saturated heterocycles. The van der Waals surface area contributed by atoms with Gasteiger partial charge in [0.25, 0.3) is 0 Å². The number of nitrogens with zero attached hydrogens (tertiary/aromatic N) is 2. The van der Waals surface area contributed by atoms with Crippen LogP contribution >= 0.6 is 0 Å². The maximum Gasteiger partial charge on any atom is 0.107 e.